The summed E-state index contributed by atoms with van der Waals surface area (Å²) in [5.41, 5.74) is 0. The summed E-state index contributed by atoms with van der Waals surface area (Å²) >= 11 is 1.63. The SMILES string of the molecule is COCCN(Cc1ccc(C)s1)C(=O)[C@@H]1CCC(=O)NC(=O)N1. The van der Waals surface area contributed by atoms with Crippen LogP contribution in [0.5, 0.6) is 0 Å². The lowest BCUT2D eigenvalue weighted by molar-refractivity contribution is -0.134. The van der Waals surface area contributed by atoms with Crippen molar-refractivity contribution in [1.82, 2.24) is 15.5 Å². The van der Waals surface area contributed by atoms with Gasteiger partial charge >= 0.3 is 6.03 Å². The van der Waals surface area contributed by atoms with Crippen molar-refractivity contribution in [2.24, 2.45) is 0 Å². The molecule has 0 radical (unpaired) electrons. The monoisotopic (exact) mass is 339 g/mol. The van der Waals surface area contributed by atoms with Crippen molar-refractivity contribution in [3.8, 4) is 0 Å². The summed E-state index contributed by atoms with van der Waals surface area (Å²) in [5, 5.41) is 4.74. The molecule has 1 saturated heterocycles. The van der Waals surface area contributed by atoms with Crippen molar-refractivity contribution >= 4 is 29.2 Å². The number of methoxy groups -OCH3 is 1. The molecule has 1 fully saturated rings. The molecular weight excluding hydrogens is 318 g/mol. The normalized spacial score (nSPS) is 18.1. The van der Waals surface area contributed by atoms with Crippen LogP contribution in [0.15, 0.2) is 12.1 Å². The van der Waals surface area contributed by atoms with Gasteiger partial charge in [0.25, 0.3) is 0 Å². The van der Waals surface area contributed by atoms with Crippen LogP contribution in [0.3, 0.4) is 0 Å². The van der Waals surface area contributed by atoms with Gasteiger partial charge in [-0.15, -0.1) is 11.3 Å². The molecule has 126 valence electrons. The van der Waals surface area contributed by atoms with Gasteiger partial charge in [0.05, 0.1) is 13.2 Å². The van der Waals surface area contributed by atoms with Gasteiger partial charge in [0.1, 0.15) is 6.04 Å². The van der Waals surface area contributed by atoms with Gasteiger partial charge in [-0.25, -0.2) is 4.79 Å². The summed E-state index contributed by atoms with van der Waals surface area (Å²) in [6.07, 6.45) is 0.439. The van der Waals surface area contributed by atoms with Crippen LogP contribution in [-0.2, 0) is 20.9 Å². The number of carbonyl (C=O) groups is 3. The third kappa shape index (κ3) is 5.04. The van der Waals surface area contributed by atoms with E-state index in [4.69, 9.17) is 4.74 Å². The molecule has 2 heterocycles. The predicted molar refractivity (Wildman–Crippen MR) is 86.0 cm³/mol. The molecule has 23 heavy (non-hydrogen) atoms. The molecule has 2 rings (SSSR count). The fraction of sp³-hybridized carbons (Fsp3) is 0.533. The molecule has 0 unspecified atom stereocenters. The molecular formula is C15H21N3O4S. The fourth-order valence-corrected chi connectivity index (χ4v) is 3.27. The van der Waals surface area contributed by atoms with Gasteiger partial charge in [-0.3, -0.25) is 14.9 Å². The molecule has 1 aliphatic rings. The zero-order chi connectivity index (χ0) is 16.8. The van der Waals surface area contributed by atoms with E-state index in [2.05, 4.69) is 10.6 Å². The Labute approximate surface area is 139 Å². The topological polar surface area (TPSA) is 87.7 Å². The highest BCUT2D eigenvalue weighted by Crippen LogP contribution is 2.18. The highest BCUT2D eigenvalue weighted by atomic mass is 32.1. The number of rotatable bonds is 6. The number of imide groups is 1. The minimum atomic E-state index is -0.695. The Morgan fingerprint density at radius 3 is 2.87 bits per heavy atom. The van der Waals surface area contributed by atoms with Crippen molar-refractivity contribution in [1.29, 1.82) is 0 Å². The average Bonchev–Trinajstić information content (AvgIpc) is 2.83. The van der Waals surface area contributed by atoms with Gasteiger partial charge in [-0.2, -0.15) is 0 Å². The molecule has 7 nitrogen and oxygen atoms in total. The van der Waals surface area contributed by atoms with Crippen molar-refractivity contribution in [2.75, 3.05) is 20.3 Å². The highest BCUT2D eigenvalue weighted by Gasteiger charge is 2.29. The number of amides is 4. The zero-order valence-corrected chi connectivity index (χ0v) is 14.1. The molecule has 8 heteroatoms. The second-order valence-electron chi connectivity index (χ2n) is 5.38. The van der Waals surface area contributed by atoms with Crippen LogP contribution in [0.4, 0.5) is 4.79 Å². The van der Waals surface area contributed by atoms with Crippen LogP contribution in [0.1, 0.15) is 22.6 Å². The number of hydrogen-bond acceptors (Lipinski definition) is 5. The van der Waals surface area contributed by atoms with Crippen molar-refractivity contribution in [2.45, 2.75) is 32.4 Å². The number of ether oxygens (including phenoxy) is 1. The van der Waals surface area contributed by atoms with E-state index in [9.17, 15) is 14.4 Å². The fourth-order valence-electron chi connectivity index (χ4n) is 2.36. The maximum absolute atomic E-state index is 12.7. The van der Waals surface area contributed by atoms with Gasteiger partial charge in [0.15, 0.2) is 0 Å². The maximum Gasteiger partial charge on any atom is 0.322 e. The number of nitrogens with one attached hydrogen (secondary N) is 2. The Morgan fingerprint density at radius 1 is 1.43 bits per heavy atom. The Kier molecular flexibility index (Phi) is 6.12. The van der Waals surface area contributed by atoms with E-state index in [0.29, 0.717) is 26.1 Å². The van der Waals surface area contributed by atoms with Crippen LogP contribution in [-0.4, -0.2) is 49.0 Å². The van der Waals surface area contributed by atoms with E-state index in [1.54, 1.807) is 23.3 Å². The Balaban J connectivity index is 2.08. The summed E-state index contributed by atoms with van der Waals surface area (Å²) in [5.74, 6) is -0.562. The van der Waals surface area contributed by atoms with Gasteiger partial charge in [-0.05, 0) is 25.5 Å². The third-order valence-corrected chi connectivity index (χ3v) is 4.52. The highest BCUT2D eigenvalue weighted by molar-refractivity contribution is 7.11. The molecule has 0 spiro atoms. The van der Waals surface area contributed by atoms with Crippen LogP contribution in [0.25, 0.3) is 0 Å². The minimum Gasteiger partial charge on any atom is -0.383 e. The lowest BCUT2D eigenvalue weighted by atomic mass is 10.1. The lowest BCUT2D eigenvalue weighted by Gasteiger charge is -2.26. The zero-order valence-electron chi connectivity index (χ0n) is 13.3. The average molecular weight is 339 g/mol. The van der Waals surface area contributed by atoms with E-state index in [1.807, 2.05) is 19.1 Å². The number of hydrogen-bond donors (Lipinski definition) is 2. The first kappa shape index (κ1) is 17.4. The standard InChI is InChI=1S/C15H21N3O4S/c1-10-3-4-11(23-10)9-18(7-8-22-2)14(20)12-5-6-13(19)17-15(21)16-12/h3-4,12H,5-9H2,1-2H3,(H2,16,17,19,21)/t12-/m0/s1. The molecule has 0 saturated carbocycles. The Morgan fingerprint density at radius 2 is 2.22 bits per heavy atom. The maximum atomic E-state index is 12.7. The van der Waals surface area contributed by atoms with Crippen LogP contribution >= 0.6 is 11.3 Å². The molecule has 1 aliphatic heterocycles. The number of nitrogens with zero attached hydrogens (tertiary/aromatic N) is 1. The summed E-state index contributed by atoms with van der Waals surface area (Å²) in [6.45, 7) is 3.32. The Hall–Kier alpha value is -1.93. The van der Waals surface area contributed by atoms with E-state index >= 15 is 0 Å². The first-order chi connectivity index (χ1) is 11.0. The van der Waals surface area contributed by atoms with Crippen molar-refractivity contribution in [3.63, 3.8) is 0 Å². The van der Waals surface area contributed by atoms with Crippen LogP contribution in [0, 0.1) is 6.92 Å². The first-order valence-electron chi connectivity index (χ1n) is 7.43. The van der Waals surface area contributed by atoms with Crippen molar-refractivity contribution < 1.29 is 19.1 Å². The quantitative estimate of drug-likeness (QED) is 0.810. The lowest BCUT2D eigenvalue weighted by Crippen LogP contribution is -2.50. The van der Waals surface area contributed by atoms with E-state index < -0.39 is 12.1 Å². The summed E-state index contributed by atoms with van der Waals surface area (Å²) in [7, 11) is 1.58. The summed E-state index contributed by atoms with van der Waals surface area (Å²) < 4.78 is 5.07. The van der Waals surface area contributed by atoms with E-state index in [-0.39, 0.29) is 18.2 Å². The number of aryl methyl sites for hydroxylation is 1. The predicted octanol–water partition coefficient (Wildman–Crippen LogP) is 1.02. The van der Waals surface area contributed by atoms with Crippen LogP contribution < -0.4 is 10.6 Å². The molecule has 1 aromatic heterocycles. The van der Waals surface area contributed by atoms with Gasteiger partial charge in [-0.1, -0.05) is 0 Å². The molecule has 0 bridgehead atoms. The molecule has 2 N–H and O–H groups in total. The molecule has 0 aliphatic carbocycles. The smallest absolute Gasteiger partial charge is 0.322 e. The molecule has 1 atom stereocenters. The van der Waals surface area contributed by atoms with E-state index in [0.717, 1.165) is 4.88 Å². The number of carbonyl (C=O) groups excluding carboxylic acids is 3. The van der Waals surface area contributed by atoms with Gasteiger partial charge in [0.2, 0.25) is 11.8 Å². The third-order valence-electron chi connectivity index (χ3n) is 3.54. The second kappa shape index (κ2) is 8.07. The summed E-state index contributed by atoms with van der Waals surface area (Å²) in [4.78, 5) is 39.6. The van der Waals surface area contributed by atoms with Crippen LogP contribution in [0.2, 0.25) is 0 Å². The minimum absolute atomic E-state index is 0.144. The second-order valence-corrected chi connectivity index (χ2v) is 6.75. The largest absolute Gasteiger partial charge is 0.383 e. The van der Waals surface area contributed by atoms with Crippen molar-refractivity contribution in [3.05, 3.63) is 21.9 Å². The molecule has 4 amide bonds. The van der Waals surface area contributed by atoms with Gasteiger partial charge < -0.3 is 15.0 Å². The Bertz CT molecular complexity index is 587. The first-order valence-corrected chi connectivity index (χ1v) is 8.24. The van der Waals surface area contributed by atoms with E-state index in [1.165, 1.54) is 4.88 Å². The number of thiophene rings is 1. The molecule has 0 aromatic carbocycles. The van der Waals surface area contributed by atoms with Gasteiger partial charge in [0, 0.05) is 29.8 Å². The number of urea groups is 1. The summed E-state index contributed by atoms with van der Waals surface area (Å²) in [6, 6.07) is 2.68. The molecule has 1 aromatic rings.